The molecule has 2 aliphatic rings. The lowest BCUT2D eigenvalue weighted by atomic mass is 9.95. The number of nitrogens with zero attached hydrogens (tertiary/aromatic N) is 3. The Morgan fingerprint density at radius 3 is 2.63 bits per heavy atom. The zero-order valence-corrected chi connectivity index (χ0v) is 25.0. The lowest BCUT2D eigenvalue weighted by Gasteiger charge is -2.23. The quantitative estimate of drug-likeness (QED) is 0.0555. The van der Waals surface area contributed by atoms with Gasteiger partial charge < -0.3 is 19.3 Å². The van der Waals surface area contributed by atoms with Crippen molar-refractivity contribution in [3.8, 4) is 17.2 Å². The van der Waals surface area contributed by atoms with E-state index in [9.17, 15) is 14.7 Å². The van der Waals surface area contributed by atoms with Crippen LogP contribution in [-0.2, 0) is 15.3 Å². The van der Waals surface area contributed by atoms with Crippen LogP contribution in [0.1, 0.15) is 22.7 Å². The molecule has 3 heterocycles. The van der Waals surface area contributed by atoms with Gasteiger partial charge in [-0.05, 0) is 47.5 Å². The zero-order chi connectivity index (χ0) is 29.9. The smallest absolute Gasteiger partial charge is 0.301 e. The van der Waals surface area contributed by atoms with Gasteiger partial charge in [0.1, 0.15) is 31.3 Å². The van der Waals surface area contributed by atoms with Crippen molar-refractivity contribution in [3.05, 3.63) is 107 Å². The number of carbonyl (C=O) groups is 2. The number of ether oxygens (including phenoxy) is 3. The van der Waals surface area contributed by atoms with Crippen LogP contribution < -0.4 is 19.1 Å². The maximum atomic E-state index is 13.6. The van der Waals surface area contributed by atoms with E-state index in [1.165, 1.54) is 28.0 Å². The standard InChI is InChI=1S/C31H24ClN3O6S2/c1-2-13-39-21-10-7-18(8-11-21)26-25(27(36)19-9-12-23-24(16-19)41-15-14-40-23)28(37)29(38)35(26)30-33-34-31(43-30)42-17-20-5-3-4-6-22(20)32/h2-12,16,26,36H,1,13-15,17H2/b27-25+. The van der Waals surface area contributed by atoms with Crippen LogP contribution in [-0.4, -0.2) is 46.8 Å². The number of thioether (sulfide) groups is 1. The van der Waals surface area contributed by atoms with Crippen LogP contribution in [0.25, 0.3) is 5.76 Å². The van der Waals surface area contributed by atoms with E-state index in [-0.39, 0.29) is 16.5 Å². The molecule has 43 heavy (non-hydrogen) atoms. The number of rotatable bonds is 9. The SMILES string of the molecule is C=CCOc1ccc(C2/C(=C(\O)c3ccc4c(c3)OCCO4)C(=O)C(=O)N2c2nnc(SCc3ccccc3Cl)s2)cc1. The second kappa shape index (κ2) is 12.5. The predicted octanol–water partition coefficient (Wildman–Crippen LogP) is 6.45. The summed E-state index contributed by atoms with van der Waals surface area (Å²) in [7, 11) is 0. The Bertz CT molecular complexity index is 1740. The Kier molecular flexibility index (Phi) is 8.37. The third-order valence-corrected chi connectivity index (χ3v) is 9.21. The first-order valence-corrected chi connectivity index (χ1v) is 15.4. The molecule has 1 N–H and O–H groups in total. The summed E-state index contributed by atoms with van der Waals surface area (Å²) in [5.74, 6) is 0.0982. The number of benzene rings is 3. The number of Topliss-reactive ketones (excluding diaryl/α,β-unsaturated/α-hetero) is 1. The molecule has 1 aromatic heterocycles. The highest BCUT2D eigenvalue weighted by molar-refractivity contribution is 8.00. The molecule has 3 aromatic carbocycles. The van der Waals surface area contributed by atoms with E-state index in [0.29, 0.717) is 63.3 Å². The van der Waals surface area contributed by atoms with Gasteiger partial charge in [-0.3, -0.25) is 14.5 Å². The zero-order valence-electron chi connectivity index (χ0n) is 22.6. The molecule has 9 nitrogen and oxygen atoms in total. The molecule has 1 amide bonds. The molecule has 1 saturated heterocycles. The number of anilines is 1. The van der Waals surface area contributed by atoms with E-state index in [1.807, 2.05) is 24.3 Å². The first-order valence-electron chi connectivity index (χ1n) is 13.2. The summed E-state index contributed by atoms with van der Waals surface area (Å²) >= 11 is 8.90. The van der Waals surface area contributed by atoms with Crippen LogP contribution in [0.4, 0.5) is 5.13 Å². The third-order valence-electron chi connectivity index (χ3n) is 6.73. The van der Waals surface area contributed by atoms with Gasteiger partial charge >= 0.3 is 5.91 Å². The Morgan fingerprint density at radius 2 is 1.86 bits per heavy atom. The van der Waals surface area contributed by atoms with Gasteiger partial charge in [0, 0.05) is 16.3 Å². The van der Waals surface area contributed by atoms with E-state index >= 15 is 0 Å². The Labute approximate surface area is 260 Å². The first-order chi connectivity index (χ1) is 20.9. The molecular formula is C31H24ClN3O6S2. The van der Waals surface area contributed by atoms with Gasteiger partial charge in [-0.2, -0.15) is 0 Å². The molecule has 1 unspecified atom stereocenters. The Balaban J connectivity index is 1.38. The molecular weight excluding hydrogens is 610 g/mol. The van der Waals surface area contributed by atoms with E-state index < -0.39 is 17.7 Å². The average Bonchev–Trinajstić information content (AvgIpc) is 3.61. The van der Waals surface area contributed by atoms with Gasteiger partial charge in [-0.25, -0.2) is 0 Å². The summed E-state index contributed by atoms with van der Waals surface area (Å²) < 4.78 is 17.5. The number of fused-ring (bicyclic) bond motifs is 1. The number of aliphatic hydroxyl groups is 1. The number of aliphatic hydroxyl groups excluding tert-OH is 1. The van der Waals surface area contributed by atoms with Crippen molar-refractivity contribution < 1.29 is 28.9 Å². The van der Waals surface area contributed by atoms with Crippen molar-refractivity contribution >= 4 is 57.3 Å². The molecule has 1 fully saturated rings. The molecule has 0 bridgehead atoms. The van der Waals surface area contributed by atoms with Crippen LogP contribution in [0.3, 0.4) is 0 Å². The molecule has 0 spiro atoms. The molecule has 0 saturated carbocycles. The van der Waals surface area contributed by atoms with E-state index in [0.717, 1.165) is 5.56 Å². The number of halogens is 1. The monoisotopic (exact) mass is 633 g/mol. The summed E-state index contributed by atoms with van der Waals surface area (Å²) in [5.41, 5.74) is 1.74. The number of hydrogen-bond donors (Lipinski definition) is 1. The minimum absolute atomic E-state index is 0.0816. The molecule has 12 heteroatoms. The molecule has 0 aliphatic carbocycles. The van der Waals surface area contributed by atoms with Crippen molar-refractivity contribution in [1.82, 2.24) is 10.2 Å². The second-order valence-corrected chi connectivity index (χ2v) is 12.0. The van der Waals surface area contributed by atoms with Gasteiger partial charge in [-0.1, -0.05) is 77.7 Å². The highest BCUT2D eigenvalue weighted by Crippen LogP contribution is 2.45. The van der Waals surface area contributed by atoms with Crippen molar-refractivity contribution in [2.75, 3.05) is 24.7 Å². The number of hydrogen-bond acceptors (Lipinski definition) is 10. The minimum Gasteiger partial charge on any atom is -0.507 e. The summed E-state index contributed by atoms with van der Waals surface area (Å²) in [6, 6.07) is 18.4. The van der Waals surface area contributed by atoms with E-state index in [1.54, 1.807) is 48.5 Å². The van der Waals surface area contributed by atoms with E-state index in [2.05, 4.69) is 16.8 Å². The fraction of sp³-hybridized carbons (Fsp3) is 0.161. The normalized spacial score (nSPS) is 17.2. The Morgan fingerprint density at radius 1 is 1.09 bits per heavy atom. The highest BCUT2D eigenvalue weighted by Gasteiger charge is 2.48. The fourth-order valence-corrected chi connectivity index (χ4v) is 6.86. The molecule has 2 aliphatic heterocycles. The molecule has 218 valence electrons. The molecule has 6 rings (SSSR count). The van der Waals surface area contributed by atoms with Crippen molar-refractivity contribution in [1.29, 1.82) is 0 Å². The highest BCUT2D eigenvalue weighted by atomic mass is 35.5. The van der Waals surface area contributed by atoms with Gasteiger partial charge in [-0.15, -0.1) is 10.2 Å². The summed E-state index contributed by atoms with van der Waals surface area (Å²) in [6.07, 6.45) is 1.63. The predicted molar refractivity (Wildman–Crippen MR) is 165 cm³/mol. The van der Waals surface area contributed by atoms with Crippen molar-refractivity contribution in [2.24, 2.45) is 0 Å². The van der Waals surface area contributed by atoms with Gasteiger partial charge in [0.25, 0.3) is 5.78 Å². The topological polar surface area (TPSA) is 111 Å². The van der Waals surface area contributed by atoms with Crippen LogP contribution in [0, 0.1) is 0 Å². The fourth-order valence-electron chi connectivity index (χ4n) is 4.71. The second-order valence-electron chi connectivity index (χ2n) is 9.43. The molecule has 0 radical (unpaired) electrons. The summed E-state index contributed by atoms with van der Waals surface area (Å²) in [6.45, 7) is 4.75. The Hall–Kier alpha value is -4.32. The summed E-state index contributed by atoms with van der Waals surface area (Å²) in [4.78, 5) is 28.4. The number of ketones is 1. The van der Waals surface area contributed by atoms with Crippen LogP contribution in [0.15, 0.2) is 89.3 Å². The maximum Gasteiger partial charge on any atom is 0.301 e. The lowest BCUT2D eigenvalue weighted by Crippen LogP contribution is -2.29. The van der Waals surface area contributed by atoms with Crippen molar-refractivity contribution in [3.63, 3.8) is 0 Å². The molecule has 1 atom stereocenters. The van der Waals surface area contributed by atoms with Crippen LogP contribution in [0.2, 0.25) is 5.02 Å². The lowest BCUT2D eigenvalue weighted by molar-refractivity contribution is -0.132. The van der Waals surface area contributed by atoms with Crippen LogP contribution >= 0.6 is 34.7 Å². The number of carbonyl (C=O) groups excluding carboxylic acids is 2. The van der Waals surface area contributed by atoms with Gasteiger partial charge in [0.2, 0.25) is 5.13 Å². The van der Waals surface area contributed by atoms with Gasteiger partial charge in [0.05, 0.1) is 11.6 Å². The van der Waals surface area contributed by atoms with Crippen molar-refractivity contribution in [2.45, 2.75) is 16.1 Å². The third kappa shape index (κ3) is 5.83. The minimum atomic E-state index is -0.976. The van der Waals surface area contributed by atoms with Gasteiger partial charge in [0.15, 0.2) is 15.8 Å². The number of aromatic nitrogens is 2. The van der Waals surface area contributed by atoms with Crippen LogP contribution in [0.5, 0.6) is 17.2 Å². The largest absolute Gasteiger partial charge is 0.507 e. The van der Waals surface area contributed by atoms with E-state index in [4.69, 9.17) is 25.8 Å². The summed E-state index contributed by atoms with van der Waals surface area (Å²) in [5, 5.41) is 20.9. The average molecular weight is 634 g/mol. The molecule has 4 aromatic rings. The maximum absolute atomic E-state index is 13.6. The number of amides is 1. The first kappa shape index (κ1) is 28.8.